The summed E-state index contributed by atoms with van der Waals surface area (Å²) in [5, 5.41) is 12.0. The summed E-state index contributed by atoms with van der Waals surface area (Å²) in [5.74, 6) is -0.870. The molecular formula is C17H26N2O4. The van der Waals surface area contributed by atoms with E-state index in [1.807, 2.05) is 4.90 Å². The largest absolute Gasteiger partial charge is 0.480 e. The van der Waals surface area contributed by atoms with Crippen LogP contribution in [0.3, 0.4) is 0 Å². The molecule has 6 heteroatoms. The van der Waals surface area contributed by atoms with Gasteiger partial charge >= 0.3 is 5.97 Å². The van der Waals surface area contributed by atoms with Crippen molar-refractivity contribution in [1.29, 1.82) is 0 Å². The molecule has 3 fully saturated rings. The fourth-order valence-electron chi connectivity index (χ4n) is 4.07. The third-order valence-electron chi connectivity index (χ3n) is 5.93. The van der Waals surface area contributed by atoms with Crippen molar-refractivity contribution in [2.75, 3.05) is 6.54 Å². The fourth-order valence-corrected chi connectivity index (χ4v) is 4.07. The number of likely N-dealkylation sites (tertiary alicyclic amines) is 1. The van der Waals surface area contributed by atoms with E-state index in [0.717, 1.165) is 38.0 Å². The summed E-state index contributed by atoms with van der Waals surface area (Å²) in [4.78, 5) is 37.9. The maximum absolute atomic E-state index is 12.4. The monoisotopic (exact) mass is 322 g/mol. The zero-order valence-corrected chi connectivity index (χ0v) is 13.7. The maximum Gasteiger partial charge on any atom is 0.329 e. The highest BCUT2D eigenvalue weighted by atomic mass is 16.4. The summed E-state index contributed by atoms with van der Waals surface area (Å²) in [5.41, 5.74) is -1.09. The first kappa shape index (κ1) is 16.3. The van der Waals surface area contributed by atoms with Gasteiger partial charge in [0.25, 0.3) is 0 Å². The number of carboxylic acid groups (broad SMARTS) is 1. The normalized spacial score (nSPS) is 33.2. The van der Waals surface area contributed by atoms with E-state index in [2.05, 4.69) is 12.2 Å². The SMILES string of the molecule is CC1CCC(N2CC(C(=O)NC3(C(=O)O)CCC3)CC2=O)CC1. The van der Waals surface area contributed by atoms with Gasteiger partial charge in [0.15, 0.2) is 0 Å². The van der Waals surface area contributed by atoms with Crippen LogP contribution in [0, 0.1) is 11.8 Å². The lowest BCUT2D eigenvalue weighted by Crippen LogP contribution is -2.60. The molecule has 2 aliphatic carbocycles. The number of nitrogens with one attached hydrogen (secondary N) is 1. The molecule has 1 unspecified atom stereocenters. The molecule has 0 spiro atoms. The number of hydrogen-bond donors (Lipinski definition) is 2. The van der Waals surface area contributed by atoms with E-state index in [-0.39, 0.29) is 24.3 Å². The lowest BCUT2D eigenvalue weighted by Gasteiger charge is -2.39. The van der Waals surface area contributed by atoms with Crippen molar-refractivity contribution in [1.82, 2.24) is 10.2 Å². The third kappa shape index (κ3) is 3.08. The van der Waals surface area contributed by atoms with Crippen LogP contribution in [0.25, 0.3) is 0 Å². The van der Waals surface area contributed by atoms with Gasteiger partial charge in [0.1, 0.15) is 5.54 Å². The molecule has 0 aromatic rings. The number of carbonyl (C=O) groups is 3. The van der Waals surface area contributed by atoms with Crippen molar-refractivity contribution in [2.45, 2.75) is 69.9 Å². The van der Waals surface area contributed by atoms with Crippen LogP contribution in [0.2, 0.25) is 0 Å². The summed E-state index contributed by atoms with van der Waals surface area (Å²) in [6, 6.07) is 0.258. The molecule has 1 saturated heterocycles. The first-order valence-corrected chi connectivity index (χ1v) is 8.76. The summed E-state index contributed by atoms with van der Waals surface area (Å²) in [6.07, 6.45) is 6.30. The van der Waals surface area contributed by atoms with Crippen LogP contribution in [0.5, 0.6) is 0 Å². The maximum atomic E-state index is 12.4. The number of carboxylic acids is 1. The van der Waals surface area contributed by atoms with Gasteiger partial charge in [-0.2, -0.15) is 0 Å². The molecule has 0 radical (unpaired) electrons. The molecule has 2 N–H and O–H groups in total. The van der Waals surface area contributed by atoms with Crippen LogP contribution in [-0.4, -0.2) is 45.9 Å². The minimum absolute atomic E-state index is 0.0442. The van der Waals surface area contributed by atoms with Crippen molar-refractivity contribution < 1.29 is 19.5 Å². The van der Waals surface area contributed by atoms with Gasteiger partial charge in [0.2, 0.25) is 11.8 Å². The van der Waals surface area contributed by atoms with Gasteiger partial charge in [-0.05, 0) is 50.9 Å². The highest BCUT2D eigenvalue weighted by Crippen LogP contribution is 2.34. The second-order valence-corrected chi connectivity index (χ2v) is 7.59. The Balaban J connectivity index is 1.58. The number of amides is 2. The molecular weight excluding hydrogens is 296 g/mol. The van der Waals surface area contributed by atoms with Crippen molar-refractivity contribution in [3.8, 4) is 0 Å². The standard InChI is InChI=1S/C17H26N2O4/c1-11-3-5-13(6-4-11)19-10-12(9-14(19)20)15(21)18-17(16(22)23)7-2-8-17/h11-13H,2-10H2,1H3,(H,18,21)(H,22,23). The zero-order chi connectivity index (χ0) is 16.6. The van der Waals surface area contributed by atoms with E-state index in [1.54, 1.807) is 0 Å². The molecule has 2 saturated carbocycles. The molecule has 0 bridgehead atoms. The minimum Gasteiger partial charge on any atom is -0.480 e. The van der Waals surface area contributed by atoms with E-state index < -0.39 is 17.4 Å². The Morgan fingerprint density at radius 2 is 1.87 bits per heavy atom. The predicted octanol–water partition coefficient (Wildman–Crippen LogP) is 1.54. The average molecular weight is 322 g/mol. The van der Waals surface area contributed by atoms with Gasteiger partial charge in [0, 0.05) is 19.0 Å². The van der Waals surface area contributed by atoms with E-state index in [0.29, 0.717) is 19.4 Å². The number of aliphatic carboxylic acids is 1. The molecule has 2 amide bonds. The van der Waals surface area contributed by atoms with Crippen molar-refractivity contribution >= 4 is 17.8 Å². The van der Waals surface area contributed by atoms with E-state index in [9.17, 15) is 19.5 Å². The Morgan fingerprint density at radius 3 is 2.39 bits per heavy atom. The molecule has 23 heavy (non-hydrogen) atoms. The Morgan fingerprint density at radius 1 is 1.22 bits per heavy atom. The average Bonchev–Trinajstić information content (AvgIpc) is 2.85. The van der Waals surface area contributed by atoms with Crippen molar-refractivity contribution in [3.05, 3.63) is 0 Å². The van der Waals surface area contributed by atoms with Gasteiger partial charge < -0.3 is 15.3 Å². The Kier molecular flexibility index (Phi) is 4.34. The van der Waals surface area contributed by atoms with Gasteiger partial charge in [-0.15, -0.1) is 0 Å². The molecule has 1 atom stereocenters. The van der Waals surface area contributed by atoms with Crippen LogP contribution < -0.4 is 5.32 Å². The summed E-state index contributed by atoms with van der Waals surface area (Å²) in [7, 11) is 0. The first-order valence-electron chi connectivity index (χ1n) is 8.76. The molecule has 1 heterocycles. The lowest BCUT2D eigenvalue weighted by molar-refractivity contribution is -0.152. The highest BCUT2D eigenvalue weighted by molar-refractivity contribution is 5.93. The summed E-state index contributed by atoms with van der Waals surface area (Å²) >= 11 is 0. The van der Waals surface area contributed by atoms with E-state index in [1.165, 1.54) is 0 Å². The smallest absolute Gasteiger partial charge is 0.329 e. The molecule has 0 aromatic carbocycles. The van der Waals surface area contributed by atoms with Crippen molar-refractivity contribution in [3.63, 3.8) is 0 Å². The quantitative estimate of drug-likeness (QED) is 0.822. The highest BCUT2D eigenvalue weighted by Gasteiger charge is 2.48. The third-order valence-corrected chi connectivity index (χ3v) is 5.93. The minimum atomic E-state index is -1.09. The van der Waals surface area contributed by atoms with Crippen LogP contribution in [0.15, 0.2) is 0 Å². The molecule has 6 nitrogen and oxygen atoms in total. The van der Waals surface area contributed by atoms with Gasteiger partial charge in [-0.3, -0.25) is 9.59 Å². The molecule has 0 aromatic heterocycles. The van der Waals surface area contributed by atoms with Gasteiger partial charge in [0.05, 0.1) is 5.92 Å². The number of hydrogen-bond acceptors (Lipinski definition) is 3. The second-order valence-electron chi connectivity index (χ2n) is 7.59. The Labute approximate surface area is 136 Å². The second kappa shape index (κ2) is 6.13. The molecule has 128 valence electrons. The van der Waals surface area contributed by atoms with Crippen LogP contribution >= 0.6 is 0 Å². The number of rotatable bonds is 4. The Hall–Kier alpha value is -1.59. The van der Waals surface area contributed by atoms with E-state index in [4.69, 9.17) is 0 Å². The topological polar surface area (TPSA) is 86.7 Å². The van der Waals surface area contributed by atoms with E-state index >= 15 is 0 Å². The van der Waals surface area contributed by atoms with Gasteiger partial charge in [-0.25, -0.2) is 4.79 Å². The first-order chi connectivity index (χ1) is 10.9. The lowest BCUT2D eigenvalue weighted by atomic mass is 9.76. The summed E-state index contributed by atoms with van der Waals surface area (Å²) in [6.45, 7) is 2.68. The summed E-state index contributed by atoms with van der Waals surface area (Å²) < 4.78 is 0. The number of carbonyl (C=O) groups excluding carboxylic acids is 2. The van der Waals surface area contributed by atoms with Crippen molar-refractivity contribution in [2.24, 2.45) is 11.8 Å². The van der Waals surface area contributed by atoms with Crippen LogP contribution in [-0.2, 0) is 14.4 Å². The van der Waals surface area contributed by atoms with Crippen LogP contribution in [0.1, 0.15) is 58.3 Å². The predicted molar refractivity (Wildman–Crippen MR) is 83.6 cm³/mol. The molecule has 3 aliphatic rings. The zero-order valence-electron chi connectivity index (χ0n) is 13.7. The van der Waals surface area contributed by atoms with Gasteiger partial charge in [-0.1, -0.05) is 6.92 Å². The Bertz CT molecular complexity index is 507. The molecule has 1 aliphatic heterocycles. The fraction of sp³-hybridized carbons (Fsp3) is 0.824. The number of nitrogens with zero attached hydrogens (tertiary/aromatic N) is 1. The van der Waals surface area contributed by atoms with Crippen LogP contribution in [0.4, 0.5) is 0 Å². The molecule has 3 rings (SSSR count).